The van der Waals surface area contributed by atoms with Crippen LogP contribution in [-0.4, -0.2) is 69.7 Å². The lowest BCUT2D eigenvalue weighted by molar-refractivity contribution is 0.0536. The van der Waals surface area contributed by atoms with Crippen LogP contribution in [0.3, 0.4) is 0 Å². The zero-order valence-electron chi connectivity index (χ0n) is 15.9. The van der Waals surface area contributed by atoms with Gasteiger partial charge in [-0.05, 0) is 30.7 Å². The van der Waals surface area contributed by atoms with Crippen molar-refractivity contribution in [2.45, 2.75) is 23.5 Å². The molecule has 1 aromatic rings. The number of aliphatic imine (C=N–C) groups is 1. The Balaban J connectivity index is 1.71. The van der Waals surface area contributed by atoms with Gasteiger partial charge < -0.3 is 19.7 Å². The minimum Gasteiger partial charge on any atom is -0.382 e. The summed E-state index contributed by atoms with van der Waals surface area (Å²) >= 11 is 5.35. The number of ether oxygens (including phenoxy) is 2. The van der Waals surface area contributed by atoms with Gasteiger partial charge >= 0.3 is 0 Å². The number of benzene rings is 1. The number of methoxy groups -OCH3 is 1. The molecule has 0 radical (unpaired) electrons. The molecule has 26 heavy (non-hydrogen) atoms. The van der Waals surface area contributed by atoms with Crippen LogP contribution in [0.4, 0.5) is 0 Å². The van der Waals surface area contributed by atoms with Crippen molar-refractivity contribution in [1.82, 2.24) is 10.2 Å². The van der Waals surface area contributed by atoms with Gasteiger partial charge in [0.2, 0.25) is 0 Å². The normalized spacial score (nSPS) is 19.0. The minimum absolute atomic E-state index is 0.462. The van der Waals surface area contributed by atoms with E-state index in [0.717, 1.165) is 43.1 Å². The Bertz CT molecular complexity index is 556. The summed E-state index contributed by atoms with van der Waals surface area (Å²) in [5, 5.41) is 3.99. The van der Waals surface area contributed by atoms with E-state index in [-0.39, 0.29) is 0 Å². The van der Waals surface area contributed by atoms with Crippen molar-refractivity contribution in [1.29, 1.82) is 0 Å². The molecule has 7 heteroatoms. The molecule has 1 fully saturated rings. The third kappa shape index (κ3) is 7.47. The highest BCUT2D eigenvalue weighted by molar-refractivity contribution is 9.10. The number of rotatable bonds is 9. The van der Waals surface area contributed by atoms with Gasteiger partial charge in [0.15, 0.2) is 5.96 Å². The fourth-order valence-electron chi connectivity index (χ4n) is 2.91. The molecule has 0 saturated carbocycles. The Morgan fingerprint density at radius 1 is 1.38 bits per heavy atom. The predicted octanol–water partition coefficient (Wildman–Crippen LogP) is 3.49. The lowest BCUT2D eigenvalue weighted by Gasteiger charge is -2.23. The summed E-state index contributed by atoms with van der Waals surface area (Å²) in [4.78, 5) is 8.08. The van der Waals surface area contributed by atoms with Gasteiger partial charge in [0.1, 0.15) is 0 Å². The maximum atomic E-state index is 5.67. The molecule has 1 saturated heterocycles. The number of hydrogen-bond donors (Lipinski definition) is 1. The van der Waals surface area contributed by atoms with Crippen LogP contribution in [0.2, 0.25) is 0 Å². The molecule has 1 aromatic carbocycles. The van der Waals surface area contributed by atoms with Crippen molar-refractivity contribution in [2.75, 3.05) is 53.6 Å². The van der Waals surface area contributed by atoms with Gasteiger partial charge in [-0.15, -0.1) is 11.8 Å². The molecule has 0 spiro atoms. The van der Waals surface area contributed by atoms with E-state index < -0.39 is 0 Å². The molecule has 0 amide bonds. The van der Waals surface area contributed by atoms with Gasteiger partial charge in [0.25, 0.3) is 0 Å². The number of likely N-dealkylation sites (tertiary alicyclic amines) is 1. The van der Waals surface area contributed by atoms with Gasteiger partial charge in [0, 0.05) is 54.3 Å². The molecule has 0 aromatic heterocycles. The first-order valence-electron chi connectivity index (χ1n) is 9.07. The van der Waals surface area contributed by atoms with Crippen molar-refractivity contribution in [3.63, 3.8) is 0 Å². The monoisotopic (exact) mass is 443 g/mol. The Kier molecular flexibility index (Phi) is 9.82. The van der Waals surface area contributed by atoms with Crippen molar-refractivity contribution in [2.24, 2.45) is 10.9 Å². The maximum Gasteiger partial charge on any atom is 0.193 e. The molecule has 1 heterocycles. The minimum atomic E-state index is 0.462. The first kappa shape index (κ1) is 21.5. The van der Waals surface area contributed by atoms with E-state index in [0.29, 0.717) is 24.4 Å². The third-order valence-corrected chi connectivity index (χ3v) is 5.92. The maximum absolute atomic E-state index is 5.67. The SMILES string of the molecule is CN=C(NCC(C)Sc1ccc(Br)cc1)N1CCC(COCCOC)C1. The second-order valence-electron chi connectivity index (χ2n) is 6.48. The van der Waals surface area contributed by atoms with Gasteiger partial charge in [-0.25, -0.2) is 0 Å². The highest BCUT2D eigenvalue weighted by atomic mass is 79.9. The second-order valence-corrected chi connectivity index (χ2v) is 8.91. The molecule has 2 unspecified atom stereocenters. The van der Waals surface area contributed by atoms with Gasteiger partial charge in [0.05, 0.1) is 19.8 Å². The van der Waals surface area contributed by atoms with Crippen LogP contribution >= 0.6 is 27.7 Å². The summed E-state index contributed by atoms with van der Waals surface area (Å²) in [5.74, 6) is 1.56. The van der Waals surface area contributed by atoms with Gasteiger partial charge in [-0.3, -0.25) is 4.99 Å². The van der Waals surface area contributed by atoms with Crippen LogP contribution in [-0.2, 0) is 9.47 Å². The summed E-state index contributed by atoms with van der Waals surface area (Å²) in [6.07, 6.45) is 1.15. The topological polar surface area (TPSA) is 46.1 Å². The quantitative estimate of drug-likeness (QED) is 0.274. The zero-order valence-corrected chi connectivity index (χ0v) is 18.3. The summed E-state index contributed by atoms with van der Waals surface area (Å²) in [5.41, 5.74) is 0. The smallest absolute Gasteiger partial charge is 0.193 e. The highest BCUT2D eigenvalue weighted by Gasteiger charge is 2.25. The second kappa shape index (κ2) is 11.8. The summed E-state index contributed by atoms with van der Waals surface area (Å²) < 4.78 is 11.8. The predicted molar refractivity (Wildman–Crippen MR) is 113 cm³/mol. The van der Waals surface area contributed by atoms with E-state index in [1.54, 1.807) is 7.11 Å². The highest BCUT2D eigenvalue weighted by Crippen LogP contribution is 2.24. The first-order valence-corrected chi connectivity index (χ1v) is 10.7. The Morgan fingerprint density at radius 2 is 2.15 bits per heavy atom. The molecule has 0 aliphatic carbocycles. The standard InChI is InChI=1S/C19H30BrN3O2S/c1-15(26-18-6-4-17(20)5-7-18)12-22-19(21-2)23-9-8-16(13-23)14-25-11-10-24-3/h4-7,15-16H,8-14H2,1-3H3,(H,21,22). The number of hydrogen-bond acceptors (Lipinski definition) is 4. The number of nitrogens with zero attached hydrogens (tertiary/aromatic N) is 2. The van der Waals surface area contributed by atoms with Crippen LogP contribution in [0.25, 0.3) is 0 Å². The Hall–Kier alpha value is -0.760. The summed E-state index contributed by atoms with van der Waals surface area (Å²) in [7, 11) is 3.56. The molecule has 1 aliphatic rings. The number of thioether (sulfide) groups is 1. The molecule has 5 nitrogen and oxygen atoms in total. The number of guanidine groups is 1. The van der Waals surface area contributed by atoms with Gasteiger partial charge in [-0.2, -0.15) is 0 Å². The van der Waals surface area contributed by atoms with Crippen LogP contribution in [0.5, 0.6) is 0 Å². The van der Waals surface area contributed by atoms with Crippen molar-refractivity contribution in [3.8, 4) is 0 Å². The van der Waals surface area contributed by atoms with Crippen LogP contribution in [0.15, 0.2) is 38.6 Å². The number of halogens is 1. The van der Waals surface area contributed by atoms with Gasteiger partial charge in [-0.1, -0.05) is 22.9 Å². The van der Waals surface area contributed by atoms with E-state index in [2.05, 4.69) is 62.3 Å². The van der Waals surface area contributed by atoms with E-state index >= 15 is 0 Å². The largest absolute Gasteiger partial charge is 0.382 e. The first-order chi connectivity index (χ1) is 12.6. The molecule has 146 valence electrons. The Labute approximate surface area is 170 Å². The fraction of sp³-hybridized carbons (Fsp3) is 0.632. The van der Waals surface area contributed by atoms with Crippen molar-refractivity contribution >= 4 is 33.7 Å². The van der Waals surface area contributed by atoms with Crippen LogP contribution in [0, 0.1) is 5.92 Å². The molecule has 2 rings (SSSR count). The van der Waals surface area contributed by atoms with Crippen molar-refractivity contribution in [3.05, 3.63) is 28.7 Å². The number of nitrogens with one attached hydrogen (secondary N) is 1. The average Bonchev–Trinajstić information content (AvgIpc) is 3.10. The molecular formula is C19H30BrN3O2S. The lowest BCUT2D eigenvalue weighted by atomic mass is 10.1. The summed E-state index contributed by atoms with van der Waals surface area (Å²) in [6, 6.07) is 8.46. The van der Waals surface area contributed by atoms with E-state index in [4.69, 9.17) is 9.47 Å². The molecule has 1 N–H and O–H groups in total. The van der Waals surface area contributed by atoms with E-state index in [9.17, 15) is 0 Å². The van der Waals surface area contributed by atoms with Crippen molar-refractivity contribution < 1.29 is 9.47 Å². The third-order valence-electron chi connectivity index (χ3n) is 4.28. The molecule has 1 aliphatic heterocycles. The Morgan fingerprint density at radius 3 is 2.85 bits per heavy atom. The van der Waals surface area contributed by atoms with E-state index in [1.807, 2.05) is 18.8 Å². The lowest BCUT2D eigenvalue weighted by Crippen LogP contribution is -2.42. The summed E-state index contributed by atoms with van der Waals surface area (Å²) in [6.45, 7) is 7.29. The average molecular weight is 444 g/mol. The molecular weight excluding hydrogens is 414 g/mol. The zero-order chi connectivity index (χ0) is 18.8. The molecule has 0 bridgehead atoms. The van der Waals surface area contributed by atoms with Crippen LogP contribution < -0.4 is 5.32 Å². The van der Waals surface area contributed by atoms with Crippen LogP contribution in [0.1, 0.15) is 13.3 Å². The van der Waals surface area contributed by atoms with E-state index in [1.165, 1.54) is 4.90 Å². The fourth-order valence-corrected chi connectivity index (χ4v) is 4.10. The molecule has 2 atom stereocenters.